The van der Waals surface area contributed by atoms with Gasteiger partial charge in [-0.15, -0.1) is 0 Å². The first-order valence-electron chi connectivity index (χ1n) is 8.80. The molecule has 0 aromatic heterocycles. The number of carbonyl (C=O) groups excluding carboxylic acids is 1. The summed E-state index contributed by atoms with van der Waals surface area (Å²) in [6, 6.07) is 0. The molecule has 0 saturated heterocycles. The lowest BCUT2D eigenvalue weighted by Gasteiger charge is -2.08. The molecule has 4 heteroatoms. The molecule has 0 rings (SSSR count). The van der Waals surface area contributed by atoms with Crippen molar-refractivity contribution < 1.29 is 19.7 Å². The van der Waals surface area contributed by atoms with Crippen LogP contribution in [0.25, 0.3) is 0 Å². The van der Waals surface area contributed by atoms with Gasteiger partial charge in [0, 0.05) is 6.42 Å². The molecule has 0 unspecified atom stereocenters. The molecule has 4 nitrogen and oxygen atoms in total. The van der Waals surface area contributed by atoms with Gasteiger partial charge in [0.2, 0.25) is 0 Å². The van der Waals surface area contributed by atoms with E-state index in [1.807, 2.05) is 0 Å². The average molecular weight is 314 g/mol. The Kier molecular flexibility index (Phi) is 15.8. The summed E-state index contributed by atoms with van der Waals surface area (Å²) in [6.07, 6.45) is 15.8. The summed E-state index contributed by atoms with van der Waals surface area (Å²) < 4.78 is 4.84. The molecule has 0 aromatic carbocycles. The first kappa shape index (κ1) is 21.1. The Bertz CT molecular complexity index is 276. The van der Waals surface area contributed by atoms with Gasteiger partial charge in [0.05, 0.1) is 6.61 Å². The van der Waals surface area contributed by atoms with E-state index in [-0.39, 0.29) is 19.2 Å². The van der Waals surface area contributed by atoms with Crippen molar-refractivity contribution in [2.45, 2.75) is 83.7 Å². The van der Waals surface area contributed by atoms with Gasteiger partial charge in [-0.3, -0.25) is 4.79 Å². The van der Waals surface area contributed by atoms with Gasteiger partial charge in [-0.1, -0.05) is 51.2 Å². The number of esters is 1. The zero-order valence-electron chi connectivity index (χ0n) is 14.1. The third kappa shape index (κ3) is 15.5. The van der Waals surface area contributed by atoms with Gasteiger partial charge < -0.3 is 14.9 Å². The van der Waals surface area contributed by atoms with E-state index < -0.39 is 6.10 Å². The van der Waals surface area contributed by atoms with Crippen LogP contribution in [0, 0.1) is 0 Å². The van der Waals surface area contributed by atoms with Crippen LogP contribution in [0.1, 0.15) is 77.6 Å². The maximum atomic E-state index is 11.3. The fraction of sp³-hybridized carbons (Fsp3) is 0.833. The number of aliphatic hydroxyl groups is 2. The zero-order valence-corrected chi connectivity index (χ0v) is 14.1. The Labute approximate surface area is 135 Å². The van der Waals surface area contributed by atoms with Crippen molar-refractivity contribution >= 4 is 5.97 Å². The van der Waals surface area contributed by atoms with Crippen LogP contribution in [0.15, 0.2) is 12.2 Å². The lowest BCUT2D eigenvalue weighted by Crippen LogP contribution is -2.21. The van der Waals surface area contributed by atoms with Crippen molar-refractivity contribution in [2.75, 3.05) is 13.2 Å². The quantitative estimate of drug-likeness (QED) is 0.274. The number of hydrogen-bond acceptors (Lipinski definition) is 4. The molecule has 0 aliphatic heterocycles. The topological polar surface area (TPSA) is 66.8 Å². The van der Waals surface area contributed by atoms with Crippen molar-refractivity contribution in [1.29, 1.82) is 0 Å². The van der Waals surface area contributed by atoms with E-state index in [1.165, 1.54) is 38.5 Å². The predicted molar refractivity (Wildman–Crippen MR) is 89.7 cm³/mol. The van der Waals surface area contributed by atoms with Gasteiger partial charge in [0.1, 0.15) is 12.7 Å². The molecule has 0 fully saturated rings. The van der Waals surface area contributed by atoms with E-state index in [0.29, 0.717) is 6.42 Å². The lowest BCUT2D eigenvalue weighted by atomic mass is 10.1. The van der Waals surface area contributed by atoms with E-state index in [9.17, 15) is 4.79 Å². The van der Waals surface area contributed by atoms with Crippen molar-refractivity contribution in [3.63, 3.8) is 0 Å². The van der Waals surface area contributed by atoms with Crippen LogP contribution in [0.4, 0.5) is 0 Å². The summed E-state index contributed by atoms with van der Waals surface area (Å²) in [5.41, 5.74) is 0. The maximum Gasteiger partial charge on any atom is 0.305 e. The first-order chi connectivity index (χ1) is 10.7. The highest BCUT2D eigenvalue weighted by Gasteiger charge is 2.07. The molecule has 0 saturated carbocycles. The minimum atomic E-state index is -0.959. The number of unbranched alkanes of at least 4 members (excludes halogenated alkanes) is 8. The molecule has 0 aromatic rings. The molecule has 0 aliphatic carbocycles. The van der Waals surface area contributed by atoms with Gasteiger partial charge in [-0.25, -0.2) is 0 Å². The highest BCUT2D eigenvalue weighted by molar-refractivity contribution is 5.69. The monoisotopic (exact) mass is 314 g/mol. The smallest absolute Gasteiger partial charge is 0.305 e. The first-order valence-corrected chi connectivity index (χ1v) is 8.80. The molecule has 0 heterocycles. The summed E-state index contributed by atoms with van der Waals surface area (Å²) in [7, 11) is 0. The number of ether oxygens (including phenoxy) is 1. The molecule has 1 atom stereocenters. The summed E-state index contributed by atoms with van der Waals surface area (Å²) >= 11 is 0. The molecular formula is C18H34O4. The molecule has 0 radical (unpaired) electrons. The van der Waals surface area contributed by atoms with Crippen molar-refractivity contribution in [3.05, 3.63) is 12.2 Å². The van der Waals surface area contributed by atoms with Crippen LogP contribution >= 0.6 is 0 Å². The molecule has 130 valence electrons. The Morgan fingerprint density at radius 2 is 1.59 bits per heavy atom. The van der Waals surface area contributed by atoms with Crippen LogP contribution in [-0.4, -0.2) is 35.5 Å². The van der Waals surface area contributed by atoms with E-state index >= 15 is 0 Å². The molecule has 0 spiro atoms. The minimum Gasteiger partial charge on any atom is -0.463 e. The van der Waals surface area contributed by atoms with Crippen molar-refractivity contribution in [1.82, 2.24) is 0 Å². The second-order valence-electron chi connectivity index (χ2n) is 5.79. The van der Waals surface area contributed by atoms with Gasteiger partial charge in [-0.2, -0.15) is 0 Å². The fourth-order valence-corrected chi connectivity index (χ4v) is 2.12. The SMILES string of the molecule is CCCCC/C=C/CCCCCCCC(=O)OC[C@H](O)CO. The molecule has 0 aliphatic rings. The third-order valence-corrected chi connectivity index (χ3v) is 3.54. The minimum absolute atomic E-state index is 0.111. The summed E-state index contributed by atoms with van der Waals surface area (Å²) in [4.78, 5) is 11.3. The summed E-state index contributed by atoms with van der Waals surface area (Å²) in [5.74, 6) is -0.289. The number of carbonyl (C=O) groups is 1. The van der Waals surface area contributed by atoms with Crippen molar-refractivity contribution in [2.24, 2.45) is 0 Å². The van der Waals surface area contributed by atoms with Crippen LogP contribution < -0.4 is 0 Å². The molecule has 0 bridgehead atoms. The van der Waals surface area contributed by atoms with Gasteiger partial charge >= 0.3 is 5.97 Å². The van der Waals surface area contributed by atoms with E-state index in [1.54, 1.807) is 0 Å². The highest BCUT2D eigenvalue weighted by atomic mass is 16.5. The second kappa shape index (κ2) is 16.5. The van der Waals surface area contributed by atoms with Crippen LogP contribution in [-0.2, 0) is 9.53 Å². The van der Waals surface area contributed by atoms with E-state index in [4.69, 9.17) is 14.9 Å². The van der Waals surface area contributed by atoms with Crippen LogP contribution in [0.3, 0.4) is 0 Å². The van der Waals surface area contributed by atoms with E-state index in [0.717, 1.165) is 25.7 Å². The Morgan fingerprint density at radius 1 is 1.00 bits per heavy atom. The van der Waals surface area contributed by atoms with Crippen LogP contribution in [0.2, 0.25) is 0 Å². The highest BCUT2D eigenvalue weighted by Crippen LogP contribution is 2.09. The largest absolute Gasteiger partial charge is 0.463 e. The molecular weight excluding hydrogens is 280 g/mol. The Hall–Kier alpha value is -0.870. The normalized spacial score (nSPS) is 12.7. The van der Waals surface area contributed by atoms with Crippen molar-refractivity contribution in [3.8, 4) is 0 Å². The number of hydrogen-bond donors (Lipinski definition) is 2. The number of rotatable bonds is 15. The predicted octanol–water partition coefficient (Wildman–Crippen LogP) is 3.75. The zero-order chi connectivity index (χ0) is 16.5. The van der Waals surface area contributed by atoms with E-state index in [2.05, 4.69) is 19.1 Å². The third-order valence-electron chi connectivity index (χ3n) is 3.54. The second-order valence-corrected chi connectivity index (χ2v) is 5.79. The maximum absolute atomic E-state index is 11.3. The number of allylic oxidation sites excluding steroid dienone is 2. The fourth-order valence-electron chi connectivity index (χ4n) is 2.12. The summed E-state index contributed by atoms with van der Waals surface area (Å²) in [5, 5.41) is 17.6. The Morgan fingerprint density at radius 3 is 2.23 bits per heavy atom. The average Bonchev–Trinajstić information content (AvgIpc) is 2.53. The standard InChI is InChI=1S/C18H34O4/c1-2-3-4-5-6-7-8-9-10-11-12-13-14-18(21)22-16-17(20)15-19/h6-7,17,19-20H,2-5,8-16H2,1H3/b7-6+/t17-/m1/s1. The summed E-state index contributed by atoms with van der Waals surface area (Å²) in [6.45, 7) is 1.74. The van der Waals surface area contributed by atoms with Gasteiger partial charge in [0.25, 0.3) is 0 Å². The van der Waals surface area contributed by atoms with Gasteiger partial charge in [0.15, 0.2) is 0 Å². The van der Waals surface area contributed by atoms with Gasteiger partial charge in [-0.05, 0) is 32.1 Å². The molecule has 2 N–H and O–H groups in total. The Balaban J connectivity index is 3.24. The molecule has 0 amide bonds. The molecule has 22 heavy (non-hydrogen) atoms. The number of aliphatic hydroxyl groups excluding tert-OH is 2. The van der Waals surface area contributed by atoms with Crippen LogP contribution in [0.5, 0.6) is 0 Å². The lowest BCUT2D eigenvalue weighted by molar-refractivity contribution is -0.147.